The molecule has 0 amide bonds. The van der Waals surface area contributed by atoms with Crippen LogP contribution in [0.2, 0.25) is 0 Å². The topological polar surface area (TPSA) is 26.0 Å². The molecular weight excluding hydrogens is 271 g/mol. The molecule has 2 aromatic rings. The summed E-state index contributed by atoms with van der Waals surface area (Å²) in [6, 6.07) is 7.72. The van der Waals surface area contributed by atoms with Gasteiger partial charge in [-0.25, -0.2) is 13.2 Å². The average molecular weight is 283 g/mol. The third-order valence-corrected chi connectivity index (χ3v) is 3.72. The van der Waals surface area contributed by atoms with Gasteiger partial charge in [0.2, 0.25) is 0 Å². The number of nitrogens with two attached hydrogens (primary N) is 1. The molecule has 0 aliphatic heterocycles. The van der Waals surface area contributed by atoms with Crippen LogP contribution in [0.1, 0.15) is 18.5 Å². The fourth-order valence-electron chi connectivity index (χ4n) is 1.65. The Morgan fingerprint density at radius 1 is 1.00 bits per heavy atom. The van der Waals surface area contributed by atoms with Crippen molar-refractivity contribution in [1.29, 1.82) is 0 Å². The lowest BCUT2D eigenvalue weighted by atomic mass is 10.1. The predicted molar refractivity (Wildman–Crippen MR) is 69.5 cm³/mol. The van der Waals surface area contributed by atoms with Gasteiger partial charge in [0, 0.05) is 10.9 Å². The van der Waals surface area contributed by atoms with E-state index in [0.717, 1.165) is 23.9 Å². The van der Waals surface area contributed by atoms with Crippen LogP contribution in [0.15, 0.2) is 46.2 Å². The molecule has 2 N–H and O–H groups in total. The van der Waals surface area contributed by atoms with Crippen molar-refractivity contribution in [3.63, 3.8) is 0 Å². The molecule has 0 saturated heterocycles. The van der Waals surface area contributed by atoms with E-state index in [-0.39, 0.29) is 6.04 Å². The van der Waals surface area contributed by atoms with Gasteiger partial charge in [0.05, 0.1) is 4.90 Å². The van der Waals surface area contributed by atoms with E-state index in [1.165, 1.54) is 12.1 Å². The molecule has 0 fully saturated rings. The summed E-state index contributed by atoms with van der Waals surface area (Å²) >= 11 is 1.03. The number of rotatable bonds is 3. The van der Waals surface area contributed by atoms with Gasteiger partial charge in [0.15, 0.2) is 11.6 Å². The summed E-state index contributed by atoms with van der Waals surface area (Å²) in [7, 11) is 0. The minimum Gasteiger partial charge on any atom is -0.324 e. The lowest BCUT2D eigenvalue weighted by molar-refractivity contribution is 0.506. The van der Waals surface area contributed by atoms with Crippen LogP contribution in [0.4, 0.5) is 13.2 Å². The van der Waals surface area contributed by atoms with E-state index in [1.807, 2.05) is 0 Å². The van der Waals surface area contributed by atoms with Crippen molar-refractivity contribution in [2.24, 2.45) is 5.73 Å². The Balaban J connectivity index is 2.40. The van der Waals surface area contributed by atoms with E-state index in [0.29, 0.717) is 15.4 Å². The van der Waals surface area contributed by atoms with Crippen molar-refractivity contribution in [3.8, 4) is 0 Å². The number of halogens is 3. The predicted octanol–water partition coefficient (Wildman–Crippen LogP) is 4.27. The van der Waals surface area contributed by atoms with Crippen LogP contribution in [0.25, 0.3) is 0 Å². The number of hydrogen-bond donors (Lipinski definition) is 1. The largest absolute Gasteiger partial charge is 0.324 e. The summed E-state index contributed by atoms with van der Waals surface area (Å²) in [6.07, 6.45) is 0. The summed E-state index contributed by atoms with van der Waals surface area (Å²) in [5.41, 5.74) is 6.41. The van der Waals surface area contributed by atoms with Gasteiger partial charge in [-0.15, -0.1) is 0 Å². The summed E-state index contributed by atoms with van der Waals surface area (Å²) in [6.45, 7) is 1.74. The summed E-state index contributed by atoms with van der Waals surface area (Å²) in [5.74, 6) is -2.31. The summed E-state index contributed by atoms with van der Waals surface area (Å²) in [5, 5.41) is 0. The molecule has 0 saturated carbocycles. The zero-order valence-electron chi connectivity index (χ0n) is 10.2. The van der Waals surface area contributed by atoms with Crippen LogP contribution in [-0.2, 0) is 0 Å². The third-order valence-electron chi connectivity index (χ3n) is 2.60. The average Bonchev–Trinajstić information content (AvgIpc) is 2.36. The normalized spacial score (nSPS) is 12.5. The lowest BCUT2D eigenvalue weighted by Gasteiger charge is -2.13. The molecule has 19 heavy (non-hydrogen) atoms. The van der Waals surface area contributed by atoms with Crippen molar-refractivity contribution < 1.29 is 13.2 Å². The summed E-state index contributed by atoms with van der Waals surface area (Å²) in [4.78, 5) is 0.759. The molecule has 5 heteroatoms. The highest BCUT2D eigenvalue weighted by atomic mass is 32.2. The van der Waals surface area contributed by atoms with Crippen LogP contribution in [0, 0.1) is 17.5 Å². The van der Waals surface area contributed by atoms with Crippen LogP contribution < -0.4 is 5.73 Å². The minimum atomic E-state index is -0.955. The van der Waals surface area contributed by atoms with Gasteiger partial charge >= 0.3 is 0 Å². The van der Waals surface area contributed by atoms with Gasteiger partial charge in [-0.1, -0.05) is 23.9 Å². The Morgan fingerprint density at radius 2 is 1.74 bits per heavy atom. The second-order valence-electron chi connectivity index (χ2n) is 4.12. The van der Waals surface area contributed by atoms with Gasteiger partial charge in [0.1, 0.15) is 5.82 Å². The van der Waals surface area contributed by atoms with Crippen molar-refractivity contribution in [3.05, 3.63) is 59.4 Å². The van der Waals surface area contributed by atoms with Gasteiger partial charge in [-0.05, 0) is 36.8 Å². The van der Waals surface area contributed by atoms with Crippen LogP contribution in [0.3, 0.4) is 0 Å². The molecule has 100 valence electrons. The Morgan fingerprint density at radius 3 is 2.37 bits per heavy atom. The Hall–Kier alpha value is -1.46. The monoisotopic (exact) mass is 283 g/mol. The SMILES string of the molecule is CC(N)c1cccc(F)c1Sc1ccc(F)c(F)c1. The van der Waals surface area contributed by atoms with Crippen LogP contribution >= 0.6 is 11.8 Å². The minimum absolute atomic E-state index is 0.337. The van der Waals surface area contributed by atoms with E-state index in [9.17, 15) is 13.2 Å². The Bertz CT molecular complexity index is 599. The van der Waals surface area contributed by atoms with Crippen LogP contribution in [-0.4, -0.2) is 0 Å². The highest BCUT2D eigenvalue weighted by Crippen LogP contribution is 2.35. The Kier molecular flexibility index (Phi) is 4.17. The zero-order chi connectivity index (χ0) is 14.0. The molecule has 1 nitrogen and oxygen atoms in total. The highest BCUT2D eigenvalue weighted by Gasteiger charge is 2.14. The van der Waals surface area contributed by atoms with Crippen LogP contribution in [0.5, 0.6) is 0 Å². The first-order valence-electron chi connectivity index (χ1n) is 5.66. The second-order valence-corrected chi connectivity index (χ2v) is 5.21. The van der Waals surface area contributed by atoms with Crippen molar-refractivity contribution in [1.82, 2.24) is 0 Å². The van der Waals surface area contributed by atoms with E-state index >= 15 is 0 Å². The third kappa shape index (κ3) is 3.11. The maximum absolute atomic E-state index is 13.8. The standard InChI is InChI=1S/C14H12F3NS/c1-8(18)10-3-2-4-12(16)14(10)19-9-5-6-11(15)13(17)7-9/h2-8H,18H2,1H3. The number of benzene rings is 2. The van der Waals surface area contributed by atoms with E-state index in [1.54, 1.807) is 19.1 Å². The molecule has 2 aromatic carbocycles. The fraction of sp³-hybridized carbons (Fsp3) is 0.143. The van der Waals surface area contributed by atoms with Crippen molar-refractivity contribution in [2.45, 2.75) is 22.8 Å². The fourth-order valence-corrected chi connectivity index (χ4v) is 2.72. The quantitative estimate of drug-likeness (QED) is 0.910. The van der Waals surface area contributed by atoms with Gasteiger partial charge < -0.3 is 5.73 Å². The molecule has 1 atom stereocenters. The second kappa shape index (κ2) is 5.67. The van der Waals surface area contributed by atoms with Crippen molar-refractivity contribution >= 4 is 11.8 Å². The maximum Gasteiger partial charge on any atom is 0.159 e. The Labute approximate surface area is 113 Å². The van der Waals surface area contributed by atoms with Gasteiger partial charge in [0.25, 0.3) is 0 Å². The lowest BCUT2D eigenvalue weighted by Crippen LogP contribution is -2.07. The molecule has 1 unspecified atom stereocenters. The van der Waals surface area contributed by atoms with Gasteiger partial charge in [-0.3, -0.25) is 0 Å². The molecule has 2 rings (SSSR count). The molecule has 0 heterocycles. The molecule has 0 aliphatic rings. The molecular formula is C14H12F3NS. The first-order chi connectivity index (χ1) is 8.99. The smallest absolute Gasteiger partial charge is 0.159 e. The maximum atomic E-state index is 13.8. The van der Waals surface area contributed by atoms with Crippen molar-refractivity contribution in [2.75, 3.05) is 0 Å². The molecule has 0 spiro atoms. The van der Waals surface area contributed by atoms with Gasteiger partial charge in [-0.2, -0.15) is 0 Å². The zero-order valence-corrected chi connectivity index (χ0v) is 11.0. The number of hydrogen-bond acceptors (Lipinski definition) is 2. The first-order valence-corrected chi connectivity index (χ1v) is 6.47. The highest BCUT2D eigenvalue weighted by molar-refractivity contribution is 7.99. The van der Waals surface area contributed by atoms with E-state index < -0.39 is 17.5 Å². The molecule has 0 aromatic heterocycles. The molecule has 0 aliphatic carbocycles. The van der Waals surface area contributed by atoms with E-state index in [4.69, 9.17) is 5.73 Å². The first kappa shape index (κ1) is 14.0. The molecule has 0 radical (unpaired) electrons. The summed E-state index contributed by atoms with van der Waals surface area (Å²) < 4.78 is 39.8. The van der Waals surface area contributed by atoms with E-state index in [2.05, 4.69) is 0 Å². The molecule has 0 bridgehead atoms.